The van der Waals surface area contributed by atoms with Gasteiger partial charge >= 0.3 is 0 Å². The van der Waals surface area contributed by atoms with Crippen LogP contribution in [0.4, 0.5) is 17.1 Å². The Kier molecular flexibility index (Phi) is 6.12. The number of benzene rings is 4. The van der Waals surface area contributed by atoms with Crippen molar-refractivity contribution in [2.75, 3.05) is 29.4 Å². The molecule has 0 bridgehead atoms. The molecule has 5 rings (SSSR count). The van der Waals surface area contributed by atoms with Gasteiger partial charge in [0.15, 0.2) is 5.58 Å². The maximum absolute atomic E-state index is 9.10. The zero-order valence-corrected chi connectivity index (χ0v) is 20.3. The second-order valence-electron chi connectivity index (χ2n) is 8.43. The summed E-state index contributed by atoms with van der Waals surface area (Å²) in [5.74, 6) is 0.554. The number of anilines is 3. The number of nitrogens with zero attached hydrogens (tertiary/aromatic N) is 4. The van der Waals surface area contributed by atoms with Gasteiger partial charge in [0.2, 0.25) is 5.89 Å². The van der Waals surface area contributed by atoms with E-state index in [1.807, 2.05) is 18.2 Å². The van der Waals surface area contributed by atoms with Crippen LogP contribution in [0, 0.1) is 11.3 Å². The van der Waals surface area contributed by atoms with E-state index in [-0.39, 0.29) is 0 Å². The smallest absolute Gasteiger partial charge is 0.227 e. The number of rotatable bonds is 7. The molecule has 0 aliphatic rings. The van der Waals surface area contributed by atoms with Gasteiger partial charge in [-0.1, -0.05) is 24.3 Å². The molecule has 4 aromatic carbocycles. The van der Waals surface area contributed by atoms with E-state index in [0.717, 1.165) is 58.4 Å². The van der Waals surface area contributed by atoms with E-state index in [1.54, 1.807) is 12.1 Å². The summed E-state index contributed by atoms with van der Waals surface area (Å²) in [5.41, 5.74) is 6.52. The molecule has 0 radical (unpaired) electrons. The third kappa shape index (κ3) is 4.08. The van der Waals surface area contributed by atoms with Crippen molar-refractivity contribution >= 4 is 38.9 Å². The first kappa shape index (κ1) is 22.5. The summed E-state index contributed by atoms with van der Waals surface area (Å²) in [6, 6.07) is 28.7. The van der Waals surface area contributed by atoms with Crippen LogP contribution in [0.1, 0.15) is 26.3 Å². The largest absolute Gasteiger partial charge is 0.436 e. The molecule has 0 atom stereocenters. The molecular formula is C30H28N4O. The summed E-state index contributed by atoms with van der Waals surface area (Å²) in [6.07, 6.45) is 0. The van der Waals surface area contributed by atoms with Crippen LogP contribution >= 0.6 is 0 Å². The number of hydrogen-bond acceptors (Lipinski definition) is 5. The number of fused-ring (bicyclic) bond motifs is 3. The molecule has 0 unspecified atom stereocenters. The first-order chi connectivity index (χ1) is 17.2. The summed E-state index contributed by atoms with van der Waals surface area (Å²) in [6.45, 7) is 9.32. The summed E-state index contributed by atoms with van der Waals surface area (Å²) < 4.78 is 6.26. The molecule has 174 valence electrons. The summed E-state index contributed by atoms with van der Waals surface area (Å²) in [5, 5.41) is 11.3. The van der Waals surface area contributed by atoms with Crippen LogP contribution < -0.4 is 9.80 Å². The Hall–Kier alpha value is -4.30. The summed E-state index contributed by atoms with van der Waals surface area (Å²) in [7, 11) is 0. The highest BCUT2D eigenvalue weighted by molar-refractivity contribution is 6.11. The predicted molar refractivity (Wildman–Crippen MR) is 144 cm³/mol. The highest BCUT2D eigenvalue weighted by atomic mass is 16.3. The highest BCUT2D eigenvalue weighted by Gasteiger charge is 2.18. The van der Waals surface area contributed by atoms with Gasteiger partial charge in [0.25, 0.3) is 0 Å². The van der Waals surface area contributed by atoms with Crippen molar-refractivity contribution < 1.29 is 4.42 Å². The van der Waals surface area contributed by atoms with Gasteiger partial charge in [-0.3, -0.25) is 0 Å². The molecule has 0 saturated carbocycles. The lowest BCUT2D eigenvalue weighted by Gasteiger charge is -2.26. The zero-order valence-electron chi connectivity index (χ0n) is 20.3. The standard InChI is InChI=1S/C30H28N4O/c1-4-33(5-2)23-15-17-24(18-16-23)34(6-3)27-19-28-29(26-10-8-7-9-25(26)27)32-30(35-28)22-13-11-21(20-31)12-14-22/h7-19H,4-6H2,1-3H3. The summed E-state index contributed by atoms with van der Waals surface area (Å²) >= 11 is 0. The molecule has 0 aliphatic heterocycles. The average molecular weight is 461 g/mol. The molecule has 1 heterocycles. The lowest BCUT2D eigenvalue weighted by Crippen LogP contribution is -2.22. The van der Waals surface area contributed by atoms with Gasteiger partial charge in [-0.25, -0.2) is 4.98 Å². The molecule has 5 nitrogen and oxygen atoms in total. The van der Waals surface area contributed by atoms with Crippen molar-refractivity contribution in [1.29, 1.82) is 5.26 Å². The second kappa shape index (κ2) is 9.52. The highest BCUT2D eigenvalue weighted by Crippen LogP contribution is 2.39. The van der Waals surface area contributed by atoms with E-state index in [4.69, 9.17) is 14.7 Å². The molecule has 0 N–H and O–H groups in total. The van der Waals surface area contributed by atoms with Gasteiger partial charge in [-0.2, -0.15) is 5.26 Å². The van der Waals surface area contributed by atoms with Crippen LogP contribution in [0.2, 0.25) is 0 Å². The number of hydrogen-bond donors (Lipinski definition) is 0. The van der Waals surface area contributed by atoms with E-state index in [1.165, 1.54) is 5.69 Å². The van der Waals surface area contributed by atoms with Crippen molar-refractivity contribution in [2.24, 2.45) is 0 Å². The topological polar surface area (TPSA) is 56.3 Å². The Morgan fingerprint density at radius 2 is 1.46 bits per heavy atom. The molecule has 0 aliphatic carbocycles. The molecule has 5 heteroatoms. The minimum Gasteiger partial charge on any atom is -0.436 e. The van der Waals surface area contributed by atoms with Crippen LogP contribution in [-0.2, 0) is 0 Å². The second-order valence-corrected chi connectivity index (χ2v) is 8.43. The number of nitriles is 1. The van der Waals surface area contributed by atoms with Gasteiger partial charge < -0.3 is 14.2 Å². The van der Waals surface area contributed by atoms with Crippen LogP contribution in [-0.4, -0.2) is 24.6 Å². The van der Waals surface area contributed by atoms with Crippen molar-refractivity contribution in [1.82, 2.24) is 4.98 Å². The van der Waals surface area contributed by atoms with Gasteiger partial charge in [-0.05, 0) is 69.3 Å². The fourth-order valence-corrected chi connectivity index (χ4v) is 4.70. The monoisotopic (exact) mass is 460 g/mol. The Labute approximate surface area is 205 Å². The minimum atomic E-state index is 0.554. The normalized spacial score (nSPS) is 11.0. The Morgan fingerprint density at radius 1 is 0.800 bits per heavy atom. The zero-order chi connectivity index (χ0) is 24.4. The van der Waals surface area contributed by atoms with Crippen LogP contribution in [0.15, 0.2) is 83.3 Å². The lowest BCUT2D eigenvalue weighted by atomic mass is 10.1. The van der Waals surface area contributed by atoms with Crippen molar-refractivity contribution in [3.05, 3.63) is 84.4 Å². The van der Waals surface area contributed by atoms with E-state index < -0.39 is 0 Å². The van der Waals surface area contributed by atoms with Crippen molar-refractivity contribution in [3.8, 4) is 17.5 Å². The molecular weight excluding hydrogens is 432 g/mol. The van der Waals surface area contributed by atoms with Crippen molar-refractivity contribution in [3.63, 3.8) is 0 Å². The predicted octanol–water partition coefficient (Wildman–Crippen LogP) is 7.52. The minimum absolute atomic E-state index is 0.554. The van der Waals surface area contributed by atoms with Gasteiger partial charge in [0.05, 0.1) is 17.3 Å². The molecule has 35 heavy (non-hydrogen) atoms. The van der Waals surface area contributed by atoms with Crippen molar-refractivity contribution in [2.45, 2.75) is 20.8 Å². The SMILES string of the molecule is CCN(CC)c1ccc(N(CC)c2cc3oc(-c4ccc(C#N)cc4)nc3c3ccccc23)cc1. The average Bonchev–Trinajstić information content (AvgIpc) is 3.35. The number of aromatic nitrogens is 1. The Bertz CT molecular complexity index is 1510. The molecule has 5 aromatic rings. The van der Waals surface area contributed by atoms with Gasteiger partial charge in [0, 0.05) is 53.4 Å². The van der Waals surface area contributed by atoms with E-state index in [2.05, 4.69) is 85.2 Å². The van der Waals surface area contributed by atoms with E-state index in [9.17, 15) is 0 Å². The fraction of sp³-hybridized carbons (Fsp3) is 0.200. The number of oxazole rings is 1. The molecule has 0 fully saturated rings. The molecule has 0 saturated heterocycles. The van der Waals surface area contributed by atoms with Crippen LogP contribution in [0.25, 0.3) is 33.3 Å². The quantitative estimate of drug-likeness (QED) is 0.251. The fourth-order valence-electron chi connectivity index (χ4n) is 4.70. The molecule has 0 amide bonds. The molecule has 0 spiro atoms. The maximum atomic E-state index is 9.10. The van der Waals surface area contributed by atoms with E-state index >= 15 is 0 Å². The van der Waals surface area contributed by atoms with Crippen LogP contribution in [0.5, 0.6) is 0 Å². The lowest BCUT2D eigenvalue weighted by molar-refractivity contribution is 0.620. The van der Waals surface area contributed by atoms with Gasteiger partial charge in [-0.15, -0.1) is 0 Å². The van der Waals surface area contributed by atoms with Gasteiger partial charge in [0.1, 0.15) is 5.52 Å². The third-order valence-electron chi connectivity index (χ3n) is 6.54. The first-order valence-corrected chi connectivity index (χ1v) is 12.1. The maximum Gasteiger partial charge on any atom is 0.227 e. The Balaban J connectivity index is 1.62. The first-order valence-electron chi connectivity index (χ1n) is 12.1. The summed E-state index contributed by atoms with van der Waals surface area (Å²) in [4.78, 5) is 9.51. The molecule has 1 aromatic heterocycles. The Morgan fingerprint density at radius 3 is 2.09 bits per heavy atom. The third-order valence-corrected chi connectivity index (χ3v) is 6.54. The van der Waals surface area contributed by atoms with E-state index in [0.29, 0.717) is 11.5 Å². The van der Waals surface area contributed by atoms with Crippen LogP contribution in [0.3, 0.4) is 0 Å².